The van der Waals surface area contributed by atoms with Gasteiger partial charge in [-0.3, -0.25) is 0 Å². The zero-order valence-corrected chi connectivity index (χ0v) is 17.2. The molecule has 3 aromatic rings. The lowest BCUT2D eigenvalue weighted by molar-refractivity contribution is -0.0516. The molecular formula is C21H23F2N3O3S. The van der Waals surface area contributed by atoms with Crippen molar-refractivity contribution in [3.8, 4) is 5.75 Å². The van der Waals surface area contributed by atoms with Gasteiger partial charge in [-0.05, 0) is 48.1 Å². The molecule has 2 atom stereocenters. The second kappa shape index (κ2) is 9.90. The molecule has 1 aromatic heterocycles. The van der Waals surface area contributed by atoms with Crippen LogP contribution in [0, 0.1) is 0 Å². The Balaban J connectivity index is 0.000000199. The van der Waals surface area contributed by atoms with E-state index in [2.05, 4.69) is 45.8 Å². The van der Waals surface area contributed by atoms with E-state index in [4.69, 9.17) is 10.2 Å². The molecule has 0 bridgehead atoms. The molecule has 160 valence electrons. The predicted molar refractivity (Wildman–Crippen MR) is 111 cm³/mol. The summed E-state index contributed by atoms with van der Waals surface area (Å²) in [5.41, 5.74) is 10.2. The second-order valence-electron chi connectivity index (χ2n) is 6.95. The fourth-order valence-corrected chi connectivity index (χ4v) is 3.73. The molecule has 1 heterocycles. The van der Waals surface area contributed by atoms with Gasteiger partial charge in [-0.1, -0.05) is 37.3 Å². The summed E-state index contributed by atoms with van der Waals surface area (Å²) in [6, 6.07) is 12.3. The fourth-order valence-electron chi connectivity index (χ4n) is 3.52. The summed E-state index contributed by atoms with van der Waals surface area (Å²) < 4.78 is 32.4. The number of ether oxygens (including phenoxy) is 1. The van der Waals surface area contributed by atoms with E-state index >= 15 is 0 Å². The van der Waals surface area contributed by atoms with Crippen molar-refractivity contribution in [3.63, 3.8) is 0 Å². The third-order valence-electron chi connectivity index (χ3n) is 5.03. The summed E-state index contributed by atoms with van der Waals surface area (Å²) in [6.45, 7) is -0.740. The first kappa shape index (κ1) is 22.0. The lowest BCUT2D eigenvalue weighted by Gasteiger charge is -2.20. The third kappa shape index (κ3) is 5.28. The normalized spacial score (nSPS) is 14.6. The molecule has 2 aromatic carbocycles. The number of nitrogens with zero attached hydrogens (tertiary/aromatic N) is 1. The topological polar surface area (TPSA) is 94.1 Å². The number of aryl methyl sites for hydroxylation is 1. The summed E-state index contributed by atoms with van der Waals surface area (Å²) in [5, 5.41) is 6.08. The van der Waals surface area contributed by atoms with Gasteiger partial charge < -0.3 is 14.9 Å². The fraction of sp³-hybridized carbons (Fsp3) is 0.333. The summed E-state index contributed by atoms with van der Waals surface area (Å²) in [5.74, 6) is -0.116. The first-order valence-corrected chi connectivity index (χ1v) is 9.96. The number of aromatic amines is 1. The van der Waals surface area contributed by atoms with Gasteiger partial charge in [-0.2, -0.15) is 8.78 Å². The lowest BCUT2D eigenvalue weighted by atomic mass is 9.88. The van der Waals surface area contributed by atoms with E-state index in [1.807, 2.05) is 6.92 Å². The Morgan fingerprint density at radius 2 is 1.97 bits per heavy atom. The summed E-state index contributed by atoms with van der Waals surface area (Å²) in [4.78, 5) is 11.4. The number of nitrogens with one attached hydrogen (secondary N) is 1. The number of hydrogen-bond donors (Lipinski definition) is 3. The zero-order valence-electron chi connectivity index (χ0n) is 16.3. The van der Waals surface area contributed by atoms with Crippen molar-refractivity contribution >= 4 is 12.6 Å². The molecule has 0 aliphatic heterocycles. The monoisotopic (exact) mass is 435 g/mol. The number of nitrogens with two attached hydrogens (primary N) is 1. The van der Waals surface area contributed by atoms with Gasteiger partial charge in [0.15, 0.2) is 0 Å². The van der Waals surface area contributed by atoms with Gasteiger partial charge >= 0.3 is 12.4 Å². The molecule has 0 spiro atoms. The van der Waals surface area contributed by atoms with Gasteiger partial charge in [-0.15, -0.1) is 17.7 Å². The highest BCUT2D eigenvalue weighted by Crippen LogP contribution is 2.34. The van der Waals surface area contributed by atoms with Gasteiger partial charge in [0.1, 0.15) is 5.75 Å². The average molecular weight is 435 g/mol. The third-order valence-corrected chi connectivity index (χ3v) is 5.40. The Hall–Kier alpha value is -2.65. The highest BCUT2D eigenvalue weighted by Gasteiger charge is 2.25. The Kier molecular flexibility index (Phi) is 7.28. The summed E-state index contributed by atoms with van der Waals surface area (Å²) in [7, 11) is 0. The van der Waals surface area contributed by atoms with Crippen molar-refractivity contribution in [2.75, 3.05) is 0 Å². The molecule has 1 aliphatic rings. The van der Waals surface area contributed by atoms with E-state index in [1.54, 1.807) is 18.2 Å². The summed E-state index contributed by atoms with van der Waals surface area (Å²) >= 11 is 3.91. The number of fused-ring (bicyclic) bond motifs is 1. The molecular weight excluding hydrogens is 412 g/mol. The van der Waals surface area contributed by atoms with Crippen LogP contribution in [0.4, 0.5) is 8.78 Å². The first-order chi connectivity index (χ1) is 14.4. The summed E-state index contributed by atoms with van der Waals surface area (Å²) in [6.07, 6.45) is 3.45. The Labute approximate surface area is 177 Å². The van der Waals surface area contributed by atoms with Crippen molar-refractivity contribution in [1.82, 2.24) is 10.2 Å². The van der Waals surface area contributed by atoms with Gasteiger partial charge in [0.05, 0.1) is 6.04 Å². The molecule has 9 heteroatoms. The van der Waals surface area contributed by atoms with E-state index in [1.165, 1.54) is 29.2 Å². The number of benzene rings is 2. The van der Waals surface area contributed by atoms with Gasteiger partial charge in [0.25, 0.3) is 0 Å². The molecule has 4 rings (SSSR count). The van der Waals surface area contributed by atoms with Crippen LogP contribution in [0.5, 0.6) is 5.75 Å². The molecule has 0 radical (unpaired) electrons. The molecule has 30 heavy (non-hydrogen) atoms. The van der Waals surface area contributed by atoms with Crippen molar-refractivity contribution < 1.29 is 17.9 Å². The molecule has 0 saturated carbocycles. The number of hydrogen-bond acceptors (Lipinski definition) is 6. The van der Waals surface area contributed by atoms with Crippen molar-refractivity contribution in [3.05, 3.63) is 75.6 Å². The predicted octanol–water partition coefficient (Wildman–Crippen LogP) is 4.23. The Morgan fingerprint density at radius 3 is 2.63 bits per heavy atom. The standard InChI is InChI=1S/C14H17N3O2.C7H6F2OS/c1-8(12(15)13-16-17-14(18)19-13)10-6-2-4-9-5-3-7-11(9)10;8-7(9)10-5-3-1-2-4-6(5)11/h2,4,6,8,12H,3,5,7,15H2,1H3,(H,17,18);1-4,7,11H. The first-order valence-electron chi connectivity index (χ1n) is 9.51. The highest BCUT2D eigenvalue weighted by molar-refractivity contribution is 7.80. The van der Waals surface area contributed by atoms with Crippen LogP contribution in [0.3, 0.4) is 0 Å². The number of rotatable bonds is 5. The molecule has 0 amide bonds. The van der Waals surface area contributed by atoms with E-state index in [9.17, 15) is 13.6 Å². The second-order valence-corrected chi connectivity index (χ2v) is 7.43. The van der Waals surface area contributed by atoms with E-state index in [-0.39, 0.29) is 17.6 Å². The maximum atomic E-state index is 11.6. The van der Waals surface area contributed by atoms with Crippen molar-refractivity contribution in [2.24, 2.45) is 5.73 Å². The van der Waals surface area contributed by atoms with Gasteiger partial charge in [0.2, 0.25) is 5.89 Å². The van der Waals surface area contributed by atoms with Gasteiger partial charge in [0, 0.05) is 10.8 Å². The SMILES string of the molecule is CC(c1cccc2c1CCC2)C(N)c1n[nH]c(=O)o1.FC(F)Oc1ccccc1S. The van der Waals surface area contributed by atoms with Crippen molar-refractivity contribution in [2.45, 2.75) is 49.7 Å². The lowest BCUT2D eigenvalue weighted by Crippen LogP contribution is -2.19. The van der Waals surface area contributed by atoms with Crippen LogP contribution in [0.15, 0.2) is 56.6 Å². The molecule has 0 fully saturated rings. The number of aromatic nitrogens is 2. The quantitative estimate of drug-likeness (QED) is 0.522. The number of alkyl halides is 2. The Morgan fingerprint density at radius 1 is 1.20 bits per heavy atom. The molecule has 2 unspecified atom stereocenters. The van der Waals surface area contributed by atoms with Crippen molar-refractivity contribution in [1.29, 1.82) is 0 Å². The molecule has 0 saturated heterocycles. The van der Waals surface area contributed by atoms with Crippen LogP contribution in [-0.2, 0) is 12.8 Å². The molecule has 3 N–H and O–H groups in total. The maximum Gasteiger partial charge on any atom is 0.434 e. The molecule has 6 nitrogen and oxygen atoms in total. The zero-order chi connectivity index (χ0) is 21.7. The maximum absolute atomic E-state index is 11.6. The number of para-hydroxylation sites is 1. The minimum absolute atomic E-state index is 0.0690. The van der Waals surface area contributed by atoms with Crippen LogP contribution in [0.25, 0.3) is 0 Å². The van der Waals surface area contributed by atoms with Crippen LogP contribution in [-0.4, -0.2) is 16.8 Å². The van der Waals surface area contributed by atoms with E-state index in [0.717, 1.165) is 12.8 Å². The highest BCUT2D eigenvalue weighted by atomic mass is 32.1. The number of halogens is 2. The number of H-pyrrole nitrogens is 1. The van der Waals surface area contributed by atoms with E-state index in [0.29, 0.717) is 4.90 Å². The van der Waals surface area contributed by atoms with Crippen LogP contribution in [0.2, 0.25) is 0 Å². The molecule has 1 aliphatic carbocycles. The number of thiol groups is 1. The minimum Gasteiger partial charge on any atom is -0.434 e. The largest absolute Gasteiger partial charge is 0.434 e. The van der Waals surface area contributed by atoms with Crippen LogP contribution < -0.4 is 16.2 Å². The van der Waals surface area contributed by atoms with Crippen LogP contribution >= 0.6 is 12.6 Å². The van der Waals surface area contributed by atoms with E-state index < -0.39 is 18.4 Å². The smallest absolute Gasteiger partial charge is 0.434 e. The average Bonchev–Trinajstić information content (AvgIpc) is 3.37. The Bertz CT molecular complexity index is 1040. The van der Waals surface area contributed by atoms with Crippen LogP contribution in [0.1, 0.15) is 47.9 Å². The van der Waals surface area contributed by atoms with Gasteiger partial charge in [-0.25, -0.2) is 9.89 Å². The minimum atomic E-state index is -2.79.